The minimum Gasteiger partial charge on any atom is -0.478 e. The zero-order valence-electron chi connectivity index (χ0n) is 15.0. The molecule has 0 saturated heterocycles. The molecule has 1 N–H and O–H groups in total. The number of nitro groups is 2. The maximum absolute atomic E-state index is 11.7. The number of rotatable bonds is 11. The molecule has 1 aromatic rings. The Morgan fingerprint density at radius 2 is 1.85 bits per heavy atom. The second-order valence-electron chi connectivity index (χ2n) is 6.12. The summed E-state index contributed by atoms with van der Waals surface area (Å²) in [7, 11) is 0. The van der Waals surface area contributed by atoms with Crippen molar-refractivity contribution in [1.29, 1.82) is 0 Å². The first-order chi connectivity index (χ1) is 12.3. The van der Waals surface area contributed by atoms with E-state index in [9.17, 15) is 30.1 Å². The summed E-state index contributed by atoms with van der Waals surface area (Å²) in [6.45, 7) is 4.02. The van der Waals surface area contributed by atoms with Gasteiger partial charge in [0, 0.05) is 17.2 Å². The van der Waals surface area contributed by atoms with Crippen molar-refractivity contribution in [2.75, 3.05) is 0 Å². The SMILES string of the molecule is CCCCC(CCC)/C(=C\Cc1ccc([N+](=O)[O-])cc1[N+](=O)[O-])C(=O)O. The number of benzene rings is 1. The van der Waals surface area contributed by atoms with Crippen LogP contribution in [0.15, 0.2) is 29.8 Å². The third-order valence-electron chi connectivity index (χ3n) is 4.25. The molecule has 26 heavy (non-hydrogen) atoms. The number of unbranched alkanes of at least 4 members (excludes halogenated alkanes) is 1. The molecule has 8 heteroatoms. The Labute approximate surface area is 151 Å². The van der Waals surface area contributed by atoms with Crippen molar-refractivity contribution < 1.29 is 19.7 Å². The highest BCUT2D eigenvalue weighted by atomic mass is 16.6. The van der Waals surface area contributed by atoms with Gasteiger partial charge in [-0.2, -0.15) is 0 Å². The number of allylic oxidation sites excluding steroid dienone is 1. The highest BCUT2D eigenvalue weighted by molar-refractivity contribution is 5.87. The number of carboxylic acid groups (broad SMARTS) is 1. The monoisotopic (exact) mass is 364 g/mol. The molecule has 0 aromatic heterocycles. The number of carboxylic acids is 1. The highest BCUT2D eigenvalue weighted by Gasteiger charge is 2.22. The molecule has 0 bridgehead atoms. The van der Waals surface area contributed by atoms with Gasteiger partial charge < -0.3 is 5.11 Å². The number of nitro benzene ring substituents is 2. The van der Waals surface area contributed by atoms with Crippen LogP contribution in [0.1, 0.15) is 51.5 Å². The summed E-state index contributed by atoms with van der Waals surface area (Å²) in [6, 6.07) is 3.41. The lowest BCUT2D eigenvalue weighted by Crippen LogP contribution is -2.13. The van der Waals surface area contributed by atoms with Crippen LogP contribution in [0.4, 0.5) is 11.4 Å². The van der Waals surface area contributed by atoms with Crippen molar-refractivity contribution in [3.05, 3.63) is 55.6 Å². The summed E-state index contributed by atoms with van der Waals surface area (Å²) in [5.74, 6) is -1.13. The molecule has 0 aliphatic heterocycles. The minimum atomic E-state index is -1.02. The molecule has 0 saturated carbocycles. The molecule has 8 nitrogen and oxygen atoms in total. The van der Waals surface area contributed by atoms with E-state index in [0.29, 0.717) is 0 Å². The fourth-order valence-electron chi connectivity index (χ4n) is 2.91. The van der Waals surface area contributed by atoms with Gasteiger partial charge in [-0.25, -0.2) is 4.79 Å². The molecule has 0 radical (unpaired) electrons. The van der Waals surface area contributed by atoms with E-state index in [-0.39, 0.29) is 34.9 Å². The number of hydrogen-bond donors (Lipinski definition) is 1. The number of aliphatic carboxylic acids is 1. The second kappa shape index (κ2) is 10.3. The van der Waals surface area contributed by atoms with Gasteiger partial charge in [-0.3, -0.25) is 20.2 Å². The van der Waals surface area contributed by atoms with Crippen molar-refractivity contribution in [2.45, 2.75) is 52.4 Å². The summed E-state index contributed by atoms with van der Waals surface area (Å²) in [6.07, 6.45) is 5.75. The average molecular weight is 364 g/mol. The lowest BCUT2D eigenvalue weighted by Gasteiger charge is -2.17. The van der Waals surface area contributed by atoms with Crippen LogP contribution in [0.5, 0.6) is 0 Å². The van der Waals surface area contributed by atoms with Crippen LogP contribution in [-0.2, 0) is 11.2 Å². The molecule has 0 amide bonds. The van der Waals surface area contributed by atoms with Crippen LogP contribution in [0.3, 0.4) is 0 Å². The lowest BCUT2D eigenvalue weighted by atomic mass is 9.88. The first-order valence-electron chi connectivity index (χ1n) is 8.66. The summed E-state index contributed by atoms with van der Waals surface area (Å²) in [5, 5.41) is 31.5. The van der Waals surface area contributed by atoms with Gasteiger partial charge in [0.2, 0.25) is 0 Å². The molecule has 1 atom stereocenters. The predicted octanol–water partition coefficient (Wildman–Crippen LogP) is 4.66. The largest absolute Gasteiger partial charge is 0.478 e. The molecular weight excluding hydrogens is 340 g/mol. The maximum atomic E-state index is 11.7. The number of nitrogens with zero attached hydrogens (tertiary/aromatic N) is 2. The Hall–Kier alpha value is -2.77. The summed E-state index contributed by atoms with van der Waals surface area (Å²) < 4.78 is 0. The number of hydrogen-bond acceptors (Lipinski definition) is 5. The number of carbonyl (C=O) groups is 1. The Bertz CT molecular complexity index is 699. The first kappa shape index (κ1) is 21.3. The zero-order valence-corrected chi connectivity index (χ0v) is 15.0. The molecule has 0 heterocycles. The third kappa shape index (κ3) is 5.94. The summed E-state index contributed by atoms with van der Waals surface area (Å²) in [5.41, 5.74) is -0.228. The van der Waals surface area contributed by atoms with E-state index >= 15 is 0 Å². The lowest BCUT2D eigenvalue weighted by molar-refractivity contribution is -0.394. The molecule has 0 spiro atoms. The van der Waals surface area contributed by atoms with E-state index in [1.54, 1.807) is 0 Å². The van der Waals surface area contributed by atoms with Crippen LogP contribution in [0.25, 0.3) is 0 Å². The molecule has 0 fully saturated rings. The van der Waals surface area contributed by atoms with E-state index < -0.39 is 15.8 Å². The van der Waals surface area contributed by atoms with Crippen LogP contribution >= 0.6 is 0 Å². The van der Waals surface area contributed by atoms with Gasteiger partial charge in [-0.1, -0.05) is 39.2 Å². The van der Waals surface area contributed by atoms with Crippen molar-refractivity contribution in [1.82, 2.24) is 0 Å². The van der Waals surface area contributed by atoms with Gasteiger partial charge in [0.25, 0.3) is 11.4 Å². The highest BCUT2D eigenvalue weighted by Crippen LogP contribution is 2.28. The summed E-state index contributed by atoms with van der Waals surface area (Å²) >= 11 is 0. The Kier molecular flexibility index (Phi) is 8.41. The Morgan fingerprint density at radius 1 is 1.15 bits per heavy atom. The number of non-ortho nitro benzene ring substituents is 1. The van der Waals surface area contributed by atoms with Crippen LogP contribution in [-0.4, -0.2) is 20.9 Å². The first-order valence-corrected chi connectivity index (χ1v) is 8.66. The van der Waals surface area contributed by atoms with E-state index in [2.05, 4.69) is 0 Å². The molecule has 1 rings (SSSR count). The van der Waals surface area contributed by atoms with Crippen LogP contribution < -0.4 is 0 Å². The molecule has 1 unspecified atom stereocenters. The van der Waals surface area contributed by atoms with Gasteiger partial charge in [0.1, 0.15) is 0 Å². The molecule has 0 aliphatic rings. The van der Waals surface area contributed by atoms with Crippen molar-refractivity contribution in [2.24, 2.45) is 5.92 Å². The fourth-order valence-corrected chi connectivity index (χ4v) is 2.91. The van der Waals surface area contributed by atoms with Gasteiger partial charge >= 0.3 is 5.97 Å². The van der Waals surface area contributed by atoms with Crippen molar-refractivity contribution in [3.8, 4) is 0 Å². The molecule has 0 aliphatic carbocycles. The zero-order chi connectivity index (χ0) is 19.7. The third-order valence-corrected chi connectivity index (χ3v) is 4.25. The van der Waals surface area contributed by atoms with Gasteiger partial charge in [0.05, 0.1) is 15.9 Å². The van der Waals surface area contributed by atoms with Crippen molar-refractivity contribution in [3.63, 3.8) is 0 Å². The normalized spacial score (nSPS) is 12.6. The Morgan fingerprint density at radius 3 is 2.35 bits per heavy atom. The average Bonchev–Trinajstić information content (AvgIpc) is 2.59. The van der Waals surface area contributed by atoms with Crippen LogP contribution in [0.2, 0.25) is 0 Å². The smallest absolute Gasteiger partial charge is 0.331 e. The van der Waals surface area contributed by atoms with E-state index in [1.165, 1.54) is 18.2 Å². The van der Waals surface area contributed by atoms with Crippen molar-refractivity contribution >= 4 is 17.3 Å². The van der Waals surface area contributed by atoms with Crippen LogP contribution in [0, 0.1) is 26.1 Å². The van der Waals surface area contributed by atoms with E-state index in [0.717, 1.165) is 38.2 Å². The topological polar surface area (TPSA) is 124 Å². The Balaban J connectivity index is 3.18. The molecule has 1 aromatic carbocycles. The van der Waals surface area contributed by atoms with E-state index in [1.807, 2.05) is 13.8 Å². The second-order valence-corrected chi connectivity index (χ2v) is 6.12. The predicted molar refractivity (Wildman–Crippen MR) is 97.1 cm³/mol. The fraction of sp³-hybridized carbons (Fsp3) is 0.500. The molecular formula is C18H24N2O6. The maximum Gasteiger partial charge on any atom is 0.331 e. The minimum absolute atomic E-state index is 0.0439. The standard InChI is InChI=1S/C18H24N2O6/c1-3-5-7-13(6-4-2)16(18(21)22)11-9-14-8-10-15(19(23)24)12-17(14)20(25)26/h8,10-13H,3-7,9H2,1-2H3,(H,21,22)/b16-11+. The quantitative estimate of drug-likeness (QED) is 0.346. The summed E-state index contributed by atoms with van der Waals surface area (Å²) in [4.78, 5) is 32.3. The van der Waals surface area contributed by atoms with E-state index in [4.69, 9.17) is 0 Å². The molecule has 142 valence electrons. The van der Waals surface area contributed by atoms with Gasteiger partial charge in [-0.05, 0) is 31.2 Å². The van der Waals surface area contributed by atoms with Gasteiger partial charge in [0.15, 0.2) is 0 Å². The van der Waals surface area contributed by atoms with Gasteiger partial charge in [-0.15, -0.1) is 0 Å².